The molecule has 4 atom stereocenters. The highest BCUT2D eigenvalue weighted by molar-refractivity contribution is 7.09. The molecule has 1 aromatic heterocycles. The van der Waals surface area contributed by atoms with Gasteiger partial charge in [0.05, 0.1) is 18.6 Å². The van der Waals surface area contributed by atoms with Crippen molar-refractivity contribution in [3.8, 4) is 0 Å². The molecule has 254 valence electrons. The summed E-state index contributed by atoms with van der Waals surface area (Å²) in [4.78, 5) is 56.8. The Labute approximate surface area is 272 Å². The molecule has 2 amide bonds. The van der Waals surface area contributed by atoms with Crippen LogP contribution in [0.1, 0.15) is 98.9 Å². The summed E-state index contributed by atoms with van der Waals surface area (Å²) in [7, 11) is 3.02. The summed E-state index contributed by atoms with van der Waals surface area (Å²) in [6, 6.07) is 3.76. The molecular weight excluding hydrogens is 623 g/mol. The standard InChI is InChI=1S/C33H44F3N3O6S/c1-19(2)27(39(5)29(41)14-11-22-7-8-22)17-28(45-21(4)40)31-38-26(18-46-31)30(42)37-25(15-20(3)32(43)44-6)16-23-9-12-24(13-10-23)33(34,35)36/h9-10,12-13,18-20,22,25,27-28H,7-8,11,14-17H2,1-6H3,(H,37,42). The van der Waals surface area contributed by atoms with E-state index in [-0.39, 0.29) is 36.4 Å². The number of rotatable bonds is 16. The summed E-state index contributed by atoms with van der Waals surface area (Å²) in [5.41, 5.74) is -0.180. The fourth-order valence-corrected chi connectivity index (χ4v) is 6.26. The molecule has 46 heavy (non-hydrogen) atoms. The molecule has 4 unspecified atom stereocenters. The molecule has 3 rings (SSSR count). The van der Waals surface area contributed by atoms with E-state index < -0.39 is 47.6 Å². The Hall–Kier alpha value is -3.48. The predicted octanol–water partition coefficient (Wildman–Crippen LogP) is 6.37. The molecule has 1 N–H and O–H groups in total. The fraction of sp³-hybridized carbons (Fsp3) is 0.606. The zero-order valence-electron chi connectivity index (χ0n) is 27.2. The molecule has 1 fully saturated rings. The third kappa shape index (κ3) is 11.1. The van der Waals surface area contributed by atoms with E-state index in [1.54, 1.807) is 18.9 Å². The lowest BCUT2D eigenvalue weighted by Crippen LogP contribution is -2.41. The van der Waals surface area contributed by atoms with E-state index in [0.29, 0.717) is 29.3 Å². The quantitative estimate of drug-likeness (QED) is 0.207. The number of benzene rings is 1. The minimum Gasteiger partial charge on any atom is -0.469 e. The lowest BCUT2D eigenvalue weighted by Gasteiger charge is -2.33. The molecule has 2 aromatic rings. The summed E-state index contributed by atoms with van der Waals surface area (Å²) < 4.78 is 49.6. The minimum absolute atomic E-state index is 0.0339. The summed E-state index contributed by atoms with van der Waals surface area (Å²) >= 11 is 1.15. The molecule has 1 aliphatic rings. The van der Waals surface area contributed by atoms with Crippen molar-refractivity contribution >= 4 is 35.1 Å². The number of methoxy groups -OCH3 is 1. The first-order valence-electron chi connectivity index (χ1n) is 15.5. The molecular formula is C33H44F3N3O6S. The molecule has 13 heteroatoms. The average Bonchev–Trinajstić information content (AvgIpc) is 3.69. The van der Waals surface area contributed by atoms with Gasteiger partial charge in [-0.1, -0.05) is 45.7 Å². The van der Waals surface area contributed by atoms with Crippen molar-refractivity contribution in [2.45, 2.75) is 97.0 Å². The second-order valence-electron chi connectivity index (χ2n) is 12.4. The number of hydrogen-bond acceptors (Lipinski definition) is 8. The maximum Gasteiger partial charge on any atom is 0.416 e. The van der Waals surface area contributed by atoms with E-state index in [2.05, 4.69) is 10.3 Å². The first-order chi connectivity index (χ1) is 21.6. The maximum absolute atomic E-state index is 13.4. The number of nitrogens with zero attached hydrogens (tertiary/aromatic N) is 2. The number of alkyl halides is 3. The van der Waals surface area contributed by atoms with Crippen molar-refractivity contribution in [2.24, 2.45) is 17.8 Å². The van der Waals surface area contributed by atoms with Crippen LogP contribution >= 0.6 is 11.3 Å². The Kier molecular flexibility index (Phi) is 13.2. The number of hydrogen-bond donors (Lipinski definition) is 1. The van der Waals surface area contributed by atoms with Crippen LogP contribution in [0.4, 0.5) is 13.2 Å². The van der Waals surface area contributed by atoms with Crippen molar-refractivity contribution < 1.29 is 41.8 Å². The monoisotopic (exact) mass is 667 g/mol. The van der Waals surface area contributed by atoms with Crippen molar-refractivity contribution in [2.75, 3.05) is 14.2 Å². The van der Waals surface area contributed by atoms with Crippen molar-refractivity contribution in [1.29, 1.82) is 0 Å². The number of aromatic nitrogens is 1. The zero-order valence-corrected chi connectivity index (χ0v) is 28.0. The van der Waals surface area contributed by atoms with Gasteiger partial charge in [-0.05, 0) is 48.8 Å². The SMILES string of the molecule is COC(=O)C(C)CC(Cc1ccc(C(F)(F)F)cc1)NC(=O)c1csc(C(CC(C(C)C)N(C)C(=O)CCC2CC2)OC(C)=O)n1. The van der Waals surface area contributed by atoms with Gasteiger partial charge < -0.3 is 19.7 Å². The van der Waals surface area contributed by atoms with Gasteiger partial charge in [-0.15, -0.1) is 11.3 Å². The largest absolute Gasteiger partial charge is 0.469 e. The second kappa shape index (κ2) is 16.4. The zero-order chi connectivity index (χ0) is 34.2. The Morgan fingerprint density at radius 3 is 2.28 bits per heavy atom. The number of thiazole rings is 1. The van der Waals surface area contributed by atoms with Crippen LogP contribution in [0.3, 0.4) is 0 Å². The number of carbonyl (C=O) groups is 4. The van der Waals surface area contributed by atoms with Crippen molar-refractivity contribution in [3.05, 3.63) is 51.5 Å². The molecule has 0 aliphatic heterocycles. The minimum atomic E-state index is -4.48. The molecule has 0 bridgehead atoms. The third-order valence-corrected chi connectivity index (χ3v) is 9.19. The number of nitrogens with one attached hydrogen (secondary N) is 1. The van der Waals surface area contributed by atoms with Crippen LogP contribution in [-0.2, 0) is 36.5 Å². The maximum atomic E-state index is 13.4. The highest BCUT2D eigenvalue weighted by Gasteiger charge is 2.33. The van der Waals surface area contributed by atoms with Crippen LogP contribution in [0, 0.1) is 17.8 Å². The number of carbonyl (C=O) groups excluding carboxylic acids is 4. The summed E-state index contributed by atoms with van der Waals surface area (Å²) in [5, 5.41) is 4.80. The summed E-state index contributed by atoms with van der Waals surface area (Å²) in [5.74, 6) is -1.44. The summed E-state index contributed by atoms with van der Waals surface area (Å²) in [6.07, 6.45) is -0.981. The van der Waals surface area contributed by atoms with E-state index in [4.69, 9.17) is 9.47 Å². The molecule has 1 saturated carbocycles. The highest BCUT2D eigenvalue weighted by atomic mass is 32.1. The van der Waals surface area contributed by atoms with E-state index in [0.717, 1.165) is 29.9 Å². The molecule has 0 saturated heterocycles. The lowest BCUT2D eigenvalue weighted by atomic mass is 9.95. The number of esters is 2. The van der Waals surface area contributed by atoms with Gasteiger partial charge in [0, 0.05) is 44.3 Å². The third-order valence-electron chi connectivity index (χ3n) is 8.26. The van der Waals surface area contributed by atoms with Gasteiger partial charge in [0.2, 0.25) is 5.91 Å². The number of amides is 2. The van der Waals surface area contributed by atoms with E-state index >= 15 is 0 Å². The molecule has 0 spiro atoms. The lowest BCUT2D eigenvalue weighted by molar-refractivity contribution is -0.148. The van der Waals surface area contributed by atoms with Crippen molar-refractivity contribution in [3.63, 3.8) is 0 Å². The van der Waals surface area contributed by atoms with Crippen LogP contribution in [0.25, 0.3) is 0 Å². The van der Waals surface area contributed by atoms with Crippen LogP contribution in [-0.4, -0.2) is 59.9 Å². The predicted molar refractivity (Wildman–Crippen MR) is 167 cm³/mol. The average molecular weight is 668 g/mol. The van der Waals surface area contributed by atoms with E-state index in [9.17, 15) is 32.3 Å². The molecule has 1 heterocycles. The molecule has 0 radical (unpaired) electrons. The van der Waals surface area contributed by atoms with Gasteiger partial charge in [-0.3, -0.25) is 19.2 Å². The summed E-state index contributed by atoms with van der Waals surface area (Å²) in [6.45, 7) is 6.92. The van der Waals surface area contributed by atoms with Crippen LogP contribution in [0.5, 0.6) is 0 Å². The molecule has 1 aromatic carbocycles. The smallest absolute Gasteiger partial charge is 0.416 e. The second-order valence-corrected chi connectivity index (χ2v) is 13.3. The highest BCUT2D eigenvalue weighted by Crippen LogP contribution is 2.35. The van der Waals surface area contributed by atoms with E-state index in [1.807, 2.05) is 13.8 Å². The molecule has 9 nitrogen and oxygen atoms in total. The first kappa shape index (κ1) is 37.0. The number of halogens is 3. The van der Waals surface area contributed by atoms with Crippen molar-refractivity contribution in [1.82, 2.24) is 15.2 Å². The van der Waals surface area contributed by atoms with Gasteiger partial charge in [0.1, 0.15) is 10.7 Å². The van der Waals surface area contributed by atoms with Gasteiger partial charge in [0.25, 0.3) is 5.91 Å². The number of ether oxygens (including phenoxy) is 2. The topological polar surface area (TPSA) is 115 Å². The van der Waals surface area contributed by atoms with Crippen LogP contribution in [0.2, 0.25) is 0 Å². The van der Waals surface area contributed by atoms with Crippen LogP contribution in [0.15, 0.2) is 29.6 Å². The van der Waals surface area contributed by atoms with E-state index in [1.165, 1.54) is 44.4 Å². The van der Waals surface area contributed by atoms with Gasteiger partial charge >= 0.3 is 18.1 Å². The Balaban J connectivity index is 1.77. The van der Waals surface area contributed by atoms with Gasteiger partial charge in [-0.25, -0.2) is 4.98 Å². The fourth-order valence-electron chi connectivity index (χ4n) is 5.42. The van der Waals surface area contributed by atoms with Gasteiger partial charge in [0.15, 0.2) is 6.10 Å². The van der Waals surface area contributed by atoms with Crippen LogP contribution < -0.4 is 5.32 Å². The first-order valence-corrected chi connectivity index (χ1v) is 16.4. The Morgan fingerprint density at radius 1 is 1.09 bits per heavy atom. The van der Waals surface area contributed by atoms with Gasteiger partial charge in [-0.2, -0.15) is 13.2 Å². The normalized spacial score (nSPS) is 15.9. The Morgan fingerprint density at radius 2 is 1.74 bits per heavy atom. The Bertz CT molecular complexity index is 1340. The molecule has 1 aliphatic carbocycles.